The summed E-state index contributed by atoms with van der Waals surface area (Å²) in [6, 6.07) is 1.22. The quantitative estimate of drug-likeness (QED) is 0.548. The van der Waals surface area contributed by atoms with Gasteiger partial charge in [0.25, 0.3) is 11.6 Å². The van der Waals surface area contributed by atoms with E-state index < -0.39 is 16.4 Å². The van der Waals surface area contributed by atoms with Crippen LogP contribution in [-0.2, 0) is 11.3 Å². The van der Waals surface area contributed by atoms with Crippen LogP contribution in [0.1, 0.15) is 30.8 Å². The van der Waals surface area contributed by atoms with Crippen LogP contribution in [0.5, 0.6) is 0 Å². The molecule has 0 saturated heterocycles. The molecule has 0 aliphatic carbocycles. The lowest BCUT2D eigenvalue weighted by atomic mass is 10.0. The van der Waals surface area contributed by atoms with E-state index in [1.807, 2.05) is 0 Å². The Balaban J connectivity index is 2.73. The third-order valence-electron chi connectivity index (χ3n) is 3.14. The number of amides is 1. The van der Waals surface area contributed by atoms with Crippen LogP contribution in [0.4, 0.5) is 5.69 Å². The van der Waals surface area contributed by atoms with Gasteiger partial charge in [0.05, 0.1) is 16.7 Å². The molecular formula is C13H21N3O5. The lowest BCUT2D eigenvalue weighted by molar-refractivity contribution is -0.384. The van der Waals surface area contributed by atoms with Crippen LogP contribution in [0.2, 0.25) is 0 Å². The Bertz CT molecular complexity index is 510. The minimum absolute atomic E-state index is 0.0396. The van der Waals surface area contributed by atoms with E-state index in [1.165, 1.54) is 23.9 Å². The monoisotopic (exact) mass is 299 g/mol. The average molecular weight is 299 g/mol. The van der Waals surface area contributed by atoms with Crippen LogP contribution in [0.3, 0.4) is 0 Å². The van der Waals surface area contributed by atoms with E-state index in [0.717, 1.165) is 0 Å². The van der Waals surface area contributed by atoms with Crippen LogP contribution < -0.4 is 5.32 Å². The summed E-state index contributed by atoms with van der Waals surface area (Å²) in [6.45, 7) is 4.23. The zero-order valence-corrected chi connectivity index (χ0v) is 12.5. The summed E-state index contributed by atoms with van der Waals surface area (Å²) in [5.74, 6) is -0.456. The number of nitrogens with one attached hydrogen (secondary N) is 1. The minimum Gasteiger partial charge on any atom is -0.388 e. The molecule has 0 radical (unpaired) electrons. The summed E-state index contributed by atoms with van der Waals surface area (Å²) < 4.78 is 6.38. The largest absolute Gasteiger partial charge is 0.388 e. The molecular weight excluding hydrogens is 278 g/mol. The predicted octanol–water partition coefficient (Wildman–Crippen LogP) is 0.933. The maximum atomic E-state index is 12.1. The van der Waals surface area contributed by atoms with Gasteiger partial charge in [0.15, 0.2) is 0 Å². The number of ether oxygens (including phenoxy) is 1. The van der Waals surface area contributed by atoms with Crippen molar-refractivity contribution in [2.45, 2.75) is 32.4 Å². The molecule has 0 spiro atoms. The zero-order chi connectivity index (χ0) is 16.0. The molecule has 1 atom stereocenters. The molecule has 118 valence electrons. The van der Waals surface area contributed by atoms with E-state index in [2.05, 4.69) is 5.32 Å². The Labute approximate surface area is 122 Å². The number of aliphatic hydroxyl groups is 1. The first-order chi connectivity index (χ1) is 9.80. The zero-order valence-electron chi connectivity index (χ0n) is 12.5. The maximum absolute atomic E-state index is 12.1. The molecule has 0 aromatic carbocycles. The standard InChI is InChI=1S/C13H21N3O5/c1-4-15-8-10(16(19)20)7-11(15)12(17)14-9-13(2,18)5-6-21-3/h7-8,18H,4-6,9H2,1-3H3,(H,14,17). The molecule has 1 aromatic heterocycles. The van der Waals surface area contributed by atoms with Crippen LogP contribution in [0.25, 0.3) is 0 Å². The predicted molar refractivity (Wildman–Crippen MR) is 76.2 cm³/mol. The Morgan fingerprint density at radius 1 is 1.62 bits per heavy atom. The van der Waals surface area contributed by atoms with Crippen molar-refractivity contribution in [1.82, 2.24) is 9.88 Å². The summed E-state index contributed by atoms with van der Waals surface area (Å²) in [4.78, 5) is 22.3. The van der Waals surface area contributed by atoms with Crippen molar-refractivity contribution in [2.24, 2.45) is 0 Å². The number of hydrogen-bond acceptors (Lipinski definition) is 5. The van der Waals surface area contributed by atoms with E-state index >= 15 is 0 Å². The van der Waals surface area contributed by atoms with Gasteiger partial charge in [-0.1, -0.05) is 0 Å². The Morgan fingerprint density at radius 2 is 2.29 bits per heavy atom. The van der Waals surface area contributed by atoms with Crippen LogP contribution in [0.15, 0.2) is 12.3 Å². The summed E-state index contributed by atoms with van der Waals surface area (Å²) in [6.07, 6.45) is 1.69. The van der Waals surface area contributed by atoms with E-state index in [1.54, 1.807) is 13.8 Å². The summed E-state index contributed by atoms with van der Waals surface area (Å²) in [5, 5.41) is 23.4. The number of aromatic nitrogens is 1. The van der Waals surface area contributed by atoms with Gasteiger partial charge in [-0.15, -0.1) is 0 Å². The van der Waals surface area contributed by atoms with Crippen LogP contribution in [-0.4, -0.2) is 46.4 Å². The maximum Gasteiger partial charge on any atom is 0.287 e. The molecule has 8 heteroatoms. The number of nitrogens with zero attached hydrogens (tertiary/aromatic N) is 2. The first-order valence-corrected chi connectivity index (χ1v) is 6.65. The van der Waals surface area contributed by atoms with Crippen molar-refractivity contribution in [3.05, 3.63) is 28.1 Å². The molecule has 8 nitrogen and oxygen atoms in total. The Morgan fingerprint density at radius 3 is 2.81 bits per heavy atom. The summed E-state index contributed by atoms with van der Waals surface area (Å²) >= 11 is 0. The third kappa shape index (κ3) is 4.83. The number of carbonyl (C=O) groups excluding carboxylic acids is 1. The lowest BCUT2D eigenvalue weighted by Crippen LogP contribution is -2.41. The molecule has 21 heavy (non-hydrogen) atoms. The third-order valence-corrected chi connectivity index (χ3v) is 3.14. The van der Waals surface area contributed by atoms with Gasteiger partial charge in [0.1, 0.15) is 5.69 Å². The van der Waals surface area contributed by atoms with Crippen molar-refractivity contribution >= 4 is 11.6 Å². The van der Waals surface area contributed by atoms with Crippen molar-refractivity contribution in [3.8, 4) is 0 Å². The fourth-order valence-electron chi connectivity index (χ4n) is 1.82. The van der Waals surface area contributed by atoms with E-state index in [4.69, 9.17) is 4.74 Å². The fourth-order valence-corrected chi connectivity index (χ4v) is 1.82. The molecule has 0 aliphatic heterocycles. The van der Waals surface area contributed by atoms with Gasteiger partial charge in [0.2, 0.25) is 0 Å². The average Bonchev–Trinajstić information content (AvgIpc) is 2.87. The molecule has 0 aliphatic rings. The second-order valence-corrected chi connectivity index (χ2v) is 5.05. The van der Waals surface area contributed by atoms with Crippen molar-refractivity contribution in [3.63, 3.8) is 0 Å². The number of aryl methyl sites for hydroxylation is 1. The first-order valence-electron chi connectivity index (χ1n) is 6.65. The fraction of sp³-hybridized carbons (Fsp3) is 0.615. The molecule has 1 unspecified atom stereocenters. The van der Waals surface area contributed by atoms with Crippen LogP contribution >= 0.6 is 0 Å². The van der Waals surface area contributed by atoms with Gasteiger partial charge in [-0.3, -0.25) is 14.9 Å². The lowest BCUT2D eigenvalue weighted by Gasteiger charge is -2.23. The van der Waals surface area contributed by atoms with E-state index in [0.29, 0.717) is 19.6 Å². The summed E-state index contributed by atoms with van der Waals surface area (Å²) in [5.41, 5.74) is -1.03. The van der Waals surface area contributed by atoms with Gasteiger partial charge in [-0.05, 0) is 13.8 Å². The SMILES string of the molecule is CCn1cc([N+](=O)[O-])cc1C(=O)NCC(C)(O)CCOC. The molecule has 0 fully saturated rings. The van der Waals surface area contributed by atoms with Gasteiger partial charge in [-0.2, -0.15) is 0 Å². The second-order valence-electron chi connectivity index (χ2n) is 5.05. The molecule has 1 aromatic rings. The van der Waals surface area contributed by atoms with E-state index in [9.17, 15) is 20.0 Å². The second kappa shape index (κ2) is 7.19. The molecule has 1 rings (SSSR count). The van der Waals surface area contributed by atoms with E-state index in [-0.39, 0.29) is 17.9 Å². The number of methoxy groups -OCH3 is 1. The van der Waals surface area contributed by atoms with Crippen molar-refractivity contribution in [1.29, 1.82) is 0 Å². The number of hydrogen-bond donors (Lipinski definition) is 2. The van der Waals surface area contributed by atoms with Gasteiger partial charge < -0.3 is 19.7 Å². The number of rotatable bonds is 8. The molecule has 0 bridgehead atoms. The Hall–Kier alpha value is -1.93. The highest BCUT2D eigenvalue weighted by Crippen LogP contribution is 2.17. The number of carbonyl (C=O) groups is 1. The highest BCUT2D eigenvalue weighted by atomic mass is 16.6. The molecule has 2 N–H and O–H groups in total. The van der Waals surface area contributed by atoms with Gasteiger partial charge in [-0.25, -0.2) is 0 Å². The highest BCUT2D eigenvalue weighted by molar-refractivity contribution is 5.93. The minimum atomic E-state index is -1.10. The van der Waals surface area contributed by atoms with Crippen molar-refractivity contribution in [2.75, 3.05) is 20.3 Å². The summed E-state index contributed by atoms with van der Waals surface area (Å²) in [7, 11) is 1.53. The normalized spacial score (nSPS) is 13.7. The first kappa shape index (κ1) is 17.1. The number of nitro groups is 1. The van der Waals surface area contributed by atoms with Gasteiger partial charge in [0, 0.05) is 39.3 Å². The smallest absolute Gasteiger partial charge is 0.287 e. The van der Waals surface area contributed by atoms with Crippen molar-refractivity contribution < 1.29 is 19.6 Å². The van der Waals surface area contributed by atoms with Crippen LogP contribution in [0, 0.1) is 10.1 Å². The molecule has 1 heterocycles. The molecule has 0 saturated carbocycles. The molecule has 1 amide bonds. The Kier molecular flexibility index (Phi) is 5.86. The topological polar surface area (TPSA) is 107 Å². The van der Waals surface area contributed by atoms with Gasteiger partial charge >= 0.3 is 0 Å². The highest BCUT2D eigenvalue weighted by Gasteiger charge is 2.23.